The molecule has 0 aliphatic heterocycles. The van der Waals surface area contributed by atoms with Crippen LogP contribution in [0.15, 0.2) is 12.4 Å². The molecule has 0 radical (unpaired) electrons. The Hall–Kier alpha value is -1.45. The zero-order valence-corrected chi connectivity index (χ0v) is 7.90. The highest BCUT2D eigenvalue weighted by atomic mass is 16.4. The van der Waals surface area contributed by atoms with Crippen LogP contribution < -0.4 is 0 Å². The van der Waals surface area contributed by atoms with Gasteiger partial charge in [0.05, 0.1) is 5.69 Å². The van der Waals surface area contributed by atoms with Crippen LogP contribution in [0.4, 0.5) is 0 Å². The summed E-state index contributed by atoms with van der Waals surface area (Å²) in [6.07, 6.45) is 1.38. The SMILES string of the molecule is Cc1cc(C(C)(C)C(=O)O)ncn1. The summed E-state index contributed by atoms with van der Waals surface area (Å²) in [6.45, 7) is 5.05. The molecular formula is C9H12N2O2. The molecular weight excluding hydrogens is 168 g/mol. The minimum atomic E-state index is -0.951. The van der Waals surface area contributed by atoms with Crippen molar-refractivity contribution >= 4 is 5.97 Å². The van der Waals surface area contributed by atoms with Crippen molar-refractivity contribution in [1.82, 2.24) is 9.97 Å². The predicted molar refractivity (Wildman–Crippen MR) is 47.4 cm³/mol. The Morgan fingerprint density at radius 1 is 1.46 bits per heavy atom. The molecule has 1 rings (SSSR count). The van der Waals surface area contributed by atoms with Gasteiger partial charge in [0.15, 0.2) is 0 Å². The van der Waals surface area contributed by atoms with Crippen LogP contribution in [0.2, 0.25) is 0 Å². The van der Waals surface area contributed by atoms with Crippen LogP contribution in [0.1, 0.15) is 25.2 Å². The number of carboxylic acids is 1. The number of rotatable bonds is 2. The van der Waals surface area contributed by atoms with Gasteiger partial charge >= 0.3 is 5.97 Å². The summed E-state index contributed by atoms with van der Waals surface area (Å²) in [4.78, 5) is 18.7. The van der Waals surface area contributed by atoms with Gasteiger partial charge in [-0.2, -0.15) is 0 Å². The molecule has 0 aliphatic carbocycles. The molecule has 0 saturated heterocycles. The Balaban J connectivity index is 3.14. The molecule has 4 heteroatoms. The van der Waals surface area contributed by atoms with E-state index in [1.165, 1.54) is 6.33 Å². The second-order valence-electron chi connectivity index (χ2n) is 3.47. The molecule has 1 heterocycles. The van der Waals surface area contributed by atoms with Gasteiger partial charge in [0.1, 0.15) is 11.7 Å². The van der Waals surface area contributed by atoms with Crippen LogP contribution in [-0.4, -0.2) is 21.0 Å². The zero-order valence-electron chi connectivity index (χ0n) is 7.90. The number of carbonyl (C=O) groups is 1. The summed E-state index contributed by atoms with van der Waals surface area (Å²) in [5, 5.41) is 8.93. The first-order valence-corrected chi connectivity index (χ1v) is 3.97. The third-order valence-electron chi connectivity index (χ3n) is 1.98. The molecule has 0 aliphatic rings. The van der Waals surface area contributed by atoms with E-state index >= 15 is 0 Å². The van der Waals surface area contributed by atoms with Crippen molar-refractivity contribution in [2.24, 2.45) is 0 Å². The summed E-state index contributed by atoms with van der Waals surface area (Å²) < 4.78 is 0. The molecule has 0 bridgehead atoms. The van der Waals surface area contributed by atoms with E-state index in [4.69, 9.17) is 5.11 Å². The first-order chi connectivity index (χ1) is 5.94. The highest BCUT2D eigenvalue weighted by Gasteiger charge is 2.30. The fraction of sp³-hybridized carbons (Fsp3) is 0.444. The minimum absolute atomic E-state index is 0.535. The number of aromatic nitrogens is 2. The largest absolute Gasteiger partial charge is 0.481 e. The molecule has 70 valence electrons. The maximum Gasteiger partial charge on any atom is 0.315 e. The van der Waals surface area contributed by atoms with Crippen molar-refractivity contribution in [3.63, 3.8) is 0 Å². The summed E-state index contributed by atoms with van der Waals surface area (Å²) >= 11 is 0. The van der Waals surface area contributed by atoms with Crippen LogP contribution >= 0.6 is 0 Å². The molecule has 0 spiro atoms. The van der Waals surface area contributed by atoms with Crippen molar-refractivity contribution < 1.29 is 9.90 Å². The summed E-state index contributed by atoms with van der Waals surface area (Å²) in [5.41, 5.74) is 0.361. The highest BCUT2D eigenvalue weighted by Crippen LogP contribution is 2.20. The van der Waals surface area contributed by atoms with Gasteiger partial charge < -0.3 is 5.11 Å². The Bertz CT molecular complexity index is 334. The topological polar surface area (TPSA) is 63.1 Å². The quantitative estimate of drug-likeness (QED) is 0.741. The number of hydrogen-bond acceptors (Lipinski definition) is 3. The van der Waals surface area contributed by atoms with Crippen molar-refractivity contribution in [2.75, 3.05) is 0 Å². The highest BCUT2D eigenvalue weighted by molar-refractivity contribution is 5.79. The normalized spacial score (nSPS) is 11.3. The summed E-state index contributed by atoms with van der Waals surface area (Å²) in [5.74, 6) is -0.884. The summed E-state index contributed by atoms with van der Waals surface area (Å²) in [6, 6.07) is 1.69. The van der Waals surface area contributed by atoms with E-state index in [9.17, 15) is 4.79 Å². The van der Waals surface area contributed by atoms with Crippen LogP contribution in [0.3, 0.4) is 0 Å². The molecule has 1 N–H and O–H groups in total. The fourth-order valence-corrected chi connectivity index (χ4v) is 0.906. The van der Waals surface area contributed by atoms with E-state index in [-0.39, 0.29) is 0 Å². The van der Waals surface area contributed by atoms with E-state index in [0.717, 1.165) is 5.69 Å². The molecule has 0 aromatic carbocycles. The maximum absolute atomic E-state index is 10.9. The molecule has 4 nitrogen and oxygen atoms in total. The maximum atomic E-state index is 10.9. The van der Waals surface area contributed by atoms with Gasteiger partial charge in [0.25, 0.3) is 0 Å². The number of nitrogens with zero attached hydrogens (tertiary/aromatic N) is 2. The molecule has 1 aromatic heterocycles. The van der Waals surface area contributed by atoms with E-state index < -0.39 is 11.4 Å². The van der Waals surface area contributed by atoms with E-state index in [0.29, 0.717) is 5.69 Å². The second-order valence-corrected chi connectivity index (χ2v) is 3.47. The number of aryl methyl sites for hydroxylation is 1. The van der Waals surface area contributed by atoms with Crippen LogP contribution in [-0.2, 0) is 10.2 Å². The van der Waals surface area contributed by atoms with Crippen molar-refractivity contribution in [2.45, 2.75) is 26.2 Å². The molecule has 0 amide bonds. The smallest absolute Gasteiger partial charge is 0.315 e. The standard InChI is InChI=1S/C9H12N2O2/c1-6-4-7(11-5-10-6)9(2,3)8(12)13/h4-5H,1-3H3,(H,12,13). The molecule has 0 fully saturated rings. The molecule has 0 saturated carbocycles. The third-order valence-corrected chi connectivity index (χ3v) is 1.98. The number of aliphatic carboxylic acids is 1. The van der Waals surface area contributed by atoms with E-state index in [1.54, 1.807) is 19.9 Å². The van der Waals surface area contributed by atoms with Gasteiger partial charge in [-0.15, -0.1) is 0 Å². The van der Waals surface area contributed by atoms with Crippen molar-refractivity contribution in [1.29, 1.82) is 0 Å². The monoisotopic (exact) mass is 180 g/mol. The number of hydrogen-bond donors (Lipinski definition) is 1. The Kier molecular flexibility index (Phi) is 2.32. The Morgan fingerprint density at radius 2 is 2.08 bits per heavy atom. The van der Waals surface area contributed by atoms with Crippen LogP contribution in [0.5, 0.6) is 0 Å². The fourth-order valence-electron chi connectivity index (χ4n) is 0.906. The predicted octanol–water partition coefficient (Wildman–Crippen LogP) is 1.15. The van der Waals surface area contributed by atoms with Crippen molar-refractivity contribution in [3.8, 4) is 0 Å². The van der Waals surface area contributed by atoms with Gasteiger partial charge in [0.2, 0.25) is 0 Å². The minimum Gasteiger partial charge on any atom is -0.481 e. The molecule has 0 unspecified atom stereocenters. The first-order valence-electron chi connectivity index (χ1n) is 3.97. The molecule has 13 heavy (non-hydrogen) atoms. The van der Waals surface area contributed by atoms with Gasteiger partial charge in [-0.1, -0.05) is 0 Å². The average Bonchev–Trinajstić information content (AvgIpc) is 2.04. The lowest BCUT2D eigenvalue weighted by Gasteiger charge is -2.17. The summed E-state index contributed by atoms with van der Waals surface area (Å²) in [7, 11) is 0. The molecule has 0 atom stereocenters. The van der Waals surface area contributed by atoms with Gasteiger partial charge in [-0.25, -0.2) is 9.97 Å². The van der Waals surface area contributed by atoms with E-state index in [1.807, 2.05) is 6.92 Å². The van der Waals surface area contributed by atoms with Gasteiger partial charge in [0, 0.05) is 5.69 Å². The third kappa shape index (κ3) is 1.83. The molecule has 1 aromatic rings. The Labute approximate surface area is 76.7 Å². The lowest BCUT2D eigenvalue weighted by Crippen LogP contribution is -2.29. The van der Waals surface area contributed by atoms with Gasteiger partial charge in [-0.3, -0.25) is 4.79 Å². The van der Waals surface area contributed by atoms with Crippen LogP contribution in [0.25, 0.3) is 0 Å². The second kappa shape index (κ2) is 3.12. The van der Waals surface area contributed by atoms with E-state index in [2.05, 4.69) is 9.97 Å². The Morgan fingerprint density at radius 3 is 2.54 bits per heavy atom. The van der Waals surface area contributed by atoms with Gasteiger partial charge in [-0.05, 0) is 26.8 Å². The average molecular weight is 180 g/mol. The number of carboxylic acid groups (broad SMARTS) is 1. The lowest BCUT2D eigenvalue weighted by atomic mass is 9.89. The first kappa shape index (κ1) is 9.64. The lowest BCUT2D eigenvalue weighted by molar-refractivity contribution is -0.142. The van der Waals surface area contributed by atoms with Crippen LogP contribution in [0, 0.1) is 6.92 Å². The van der Waals surface area contributed by atoms with Crippen molar-refractivity contribution in [3.05, 3.63) is 23.8 Å². The zero-order chi connectivity index (χ0) is 10.1.